The summed E-state index contributed by atoms with van der Waals surface area (Å²) in [6, 6.07) is 8.94. The molecule has 1 aromatic carbocycles. The average molecular weight is 261 g/mol. The van der Waals surface area contributed by atoms with Crippen LogP contribution in [0.5, 0.6) is 0 Å². The number of hydrogen-bond acceptors (Lipinski definition) is 2. The minimum atomic E-state index is 0.187. The van der Waals surface area contributed by atoms with Crippen LogP contribution in [0.3, 0.4) is 0 Å². The van der Waals surface area contributed by atoms with E-state index < -0.39 is 0 Å². The highest BCUT2D eigenvalue weighted by Gasteiger charge is 2.37. The third-order valence-electron chi connectivity index (χ3n) is 4.45. The second-order valence-electron chi connectivity index (χ2n) is 6.58. The molecule has 0 amide bonds. The van der Waals surface area contributed by atoms with Crippen LogP contribution in [0.2, 0.25) is 0 Å². The van der Waals surface area contributed by atoms with Gasteiger partial charge in [0.25, 0.3) is 0 Å². The molecule has 1 aliphatic rings. The van der Waals surface area contributed by atoms with Gasteiger partial charge in [0, 0.05) is 25.1 Å². The summed E-state index contributed by atoms with van der Waals surface area (Å²) in [4.78, 5) is 2.35. The Balaban J connectivity index is 1.89. The number of benzene rings is 1. The molecule has 2 rings (SSSR count). The Kier molecular flexibility index (Phi) is 4.64. The van der Waals surface area contributed by atoms with Gasteiger partial charge in [-0.25, -0.2) is 0 Å². The zero-order valence-corrected chi connectivity index (χ0v) is 12.5. The van der Waals surface area contributed by atoms with Gasteiger partial charge in [0.1, 0.15) is 0 Å². The van der Waals surface area contributed by atoms with E-state index in [-0.39, 0.29) is 5.41 Å². The number of rotatable bonds is 6. The van der Waals surface area contributed by atoms with Gasteiger partial charge in [-0.2, -0.15) is 0 Å². The number of aliphatic hydroxyl groups excluding tert-OH is 1. The zero-order chi connectivity index (χ0) is 13.9. The Labute approximate surface area is 117 Å². The van der Waals surface area contributed by atoms with Gasteiger partial charge in [0.05, 0.1) is 0 Å². The number of aliphatic hydroxyl groups is 1. The predicted octanol–water partition coefficient (Wildman–Crippen LogP) is 3.40. The SMILES string of the molecule is CC(C)c1ccc(CN(C)CC2(CO)CCC2)cc1. The van der Waals surface area contributed by atoms with Crippen molar-refractivity contribution >= 4 is 0 Å². The first-order chi connectivity index (χ1) is 9.04. The van der Waals surface area contributed by atoms with Crippen LogP contribution in [0.25, 0.3) is 0 Å². The molecular formula is C17H27NO. The monoisotopic (exact) mass is 261 g/mol. The Morgan fingerprint density at radius 1 is 1.21 bits per heavy atom. The van der Waals surface area contributed by atoms with E-state index in [9.17, 15) is 5.11 Å². The molecule has 0 radical (unpaired) electrons. The lowest BCUT2D eigenvalue weighted by Gasteiger charge is -2.43. The van der Waals surface area contributed by atoms with E-state index in [0.717, 1.165) is 13.1 Å². The Bertz CT molecular complexity index is 387. The molecule has 106 valence electrons. The van der Waals surface area contributed by atoms with E-state index in [0.29, 0.717) is 12.5 Å². The standard InChI is InChI=1S/C17H27NO/c1-14(2)16-7-5-15(6-8-16)11-18(3)12-17(13-19)9-4-10-17/h5-8,14,19H,4,9-13H2,1-3H3. The second kappa shape index (κ2) is 6.06. The molecule has 1 aliphatic carbocycles. The maximum Gasteiger partial charge on any atom is 0.0499 e. The van der Waals surface area contributed by atoms with Crippen LogP contribution < -0.4 is 0 Å². The molecule has 0 unspecified atom stereocenters. The topological polar surface area (TPSA) is 23.5 Å². The van der Waals surface area contributed by atoms with Crippen LogP contribution in [0, 0.1) is 5.41 Å². The molecule has 1 N–H and O–H groups in total. The van der Waals surface area contributed by atoms with Crippen molar-refractivity contribution < 1.29 is 5.11 Å². The molecule has 2 nitrogen and oxygen atoms in total. The van der Waals surface area contributed by atoms with Crippen molar-refractivity contribution in [3.05, 3.63) is 35.4 Å². The van der Waals surface area contributed by atoms with Crippen molar-refractivity contribution in [3.63, 3.8) is 0 Å². The molecule has 1 fully saturated rings. The van der Waals surface area contributed by atoms with Crippen LogP contribution in [0.15, 0.2) is 24.3 Å². The quantitative estimate of drug-likeness (QED) is 0.848. The summed E-state index contributed by atoms with van der Waals surface area (Å²) in [6.07, 6.45) is 3.64. The van der Waals surface area contributed by atoms with Gasteiger partial charge in [0.15, 0.2) is 0 Å². The van der Waals surface area contributed by atoms with Gasteiger partial charge < -0.3 is 10.0 Å². The van der Waals surface area contributed by atoms with Gasteiger partial charge >= 0.3 is 0 Å². The van der Waals surface area contributed by atoms with Gasteiger partial charge in [0.2, 0.25) is 0 Å². The van der Waals surface area contributed by atoms with Crippen LogP contribution in [-0.2, 0) is 6.54 Å². The molecule has 0 bridgehead atoms. The van der Waals surface area contributed by atoms with E-state index in [1.54, 1.807) is 0 Å². The number of hydrogen-bond donors (Lipinski definition) is 1. The summed E-state index contributed by atoms with van der Waals surface area (Å²) in [7, 11) is 2.16. The fourth-order valence-corrected chi connectivity index (χ4v) is 2.99. The first-order valence-electron chi connectivity index (χ1n) is 7.43. The van der Waals surface area contributed by atoms with Crippen molar-refractivity contribution in [2.75, 3.05) is 20.2 Å². The van der Waals surface area contributed by atoms with Crippen molar-refractivity contribution in [3.8, 4) is 0 Å². The average Bonchev–Trinajstić information content (AvgIpc) is 2.34. The lowest BCUT2D eigenvalue weighted by atomic mass is 9.69. The van der Waals surface area contributed by atoms with E-state index >= 15 is 0 Å². The normalized spacial score (nSPS) is 17.8. The fraction of sp³-hybridized carbons (Fsp3) is 0.647. The summed E-state index contributed by atoms with van der Waals surface area (Å²) in [5.74, 6) is 0.597. The van der Waals surface area contributed by atoms with E-state index in [1.807, 2.05) is 0 Å². The minimum Gasteiger partial charge on any atom is -0.396 e. The summed E-state index contributed by atoms with van der Waals surface area (Å²) in [6.45, 7) is 6.77. The molecule has 2 heteroatoms. The maximum atomic E-state index is 9.52. The van der Waals surface area contributed by atoms with Gasteiger partial charge in [-0.15, -0.1) is 0 Å². The number of nitrogens with zero attached hydrogens (tertiary/aromatic N) is 1. The van der Waals surface area contributed by atoms with Crippen LogP contribution in [-0.4, -0.2) is 30.2 Å². The molecule has 1 saturated carbocycles. The summed E-state index contributed by atoms with van der Waals surface area (Å²) in [5, 5.41) is 9.52. The molecule has 0 spiro atoms. The molecular weight excluding hydrogens is 234 g/mol. The van der Waals surface area contributed by atoms with Gasteiger partial charge in [-0.3, -0.25) is 0 Å². The second-order valence-corrected chi connectivity index (χ2v) is 6.58. The lowest BCUT2D eigenvalue weighted by Crippen LogP contribution is -2.43. The van der Waals surface area contributed by atoms with Crippen molar-refractivity contribution in [2.24, 2.45) is 5.41 Å². The zero-order valence-electron chi connectivity index (χ0n) is 12.5. The highest BCUT2D eigenvalue weighted by molar-refractivity contribution is 5.24. The Morgan fingerprint density at radius 2 is 1.84 bits per heavy atom. The fourth-order valence-electron chi connectivity index (χ4n) is 2.99. The molecule has 0 heterocycles. The van der Waals surface area contributed by atoms with Crippen molar-refractivity contribution in [1.82, 2.24) is 4.90 Å². The van der Waals surface area contributed by atoms with Crippen LogP contribution >= 0.6 is 0 Å². The Morgan fingerprint density at radius 3 is 2.26 bits per heavy atom. The highest BCUT2D eigenvalue weighted by atomic mass is 16.3. The van der Waals surface area contributed by atoms with Crippen molar-refractivity contribution in [1.29, 1.82) is 0 Å². The summed E-state index contributed by atoms with van der Waals surface area (Å²) >= 11 is 0. The summed E-state index contributed by atoms with van der Waals surface area (Å²) < 4.78 is 0. The highest BCUT2D eigenvalue weighted by Crippen LogP contribution is 2.40. The first-order valence-corrected chi connectivity index (χ1v) is 7.43. The molecule has 1 aromatic rings. The van der Waals surface area contributed by atoms with Gasteiger partial charge in [-0.1, -0.05) is 44.5 Å². The van der Waals surface area contributed by atoms with Crippen LogP contribution in [0.4, 0.5) is 0 Å². The largest absolute Gasteiger partial charge is 0.396 e. The lowest BCUT2D eigenvalue weighted by molar-refractivity contribution is 0.0127. The smallest absolute Gasteiger partial charge is 0.0499 e. The molecule has 0 aliphatic heterocycles. The third kappa shape index (κ3) is 3.58. The van der Waals surface area contributed by atoms with E-state index in [4.69, 9.17) is 0 Å². The van der Waals surface area contributed by atoms with Gasteiger partial charge in [-0.05, 0) is 36.9 Å². The summed E-state index contributed by atoms with van der Waals surface area (Å²) in [5.41, 5.74) is 2.95. The Hall–Kier alpha value is -0.860. The molecule has 0 saturated heterocycles. The van der Waals surface area contributed by atoms with Crippen LogP contribution in [0.1, 0.15) is 50.2 Å². The minimum absolute atomic E-state index is 0.187. The van der Waals surface area contributed by atoms with E-state index in [2.05, 4.69) is 50.1 Å². The maximum absolute atomic E-state index is 9.52. The predicted molar refractivity (Wildman–Crippen MR) is 80.2 cm³/mol. The van der Waals surface area contributed by atoms with Crippen molar-refractivity contribution in [2.45, 2.75) is 45.6 Å². The molecule has 0 atom stereocenters. The molecule has 19 heavy (non-hydrogen) atoms. The molecule has 0 aromatic heterocycles. The van der Waals surface area contributed by atoms with E-state index in [1.165, 1.54) is 30.4 Å². The first kappa shape index (κ1) is 14.5. The third-order valence-corrected chi connectivity index (χ3v) is 4.45.